The van der Waals surface area contributed by atoms with E-state index in [9.17, 15) is 5.11 Å². The number of aliphatic hydroxyl groups is 1. The zero-order valence-electron chi connectivity index (χ0n) is 12.8. The second kappa shape index (κ2) is 6.56. The predicted molar refractivity (Wildman–Crippen MR) is 81.9 cm³/mol. The maximum Gasteiger partial charge on any atom is 0.123 e. The number of benzene rings is 1. The van der Waals surface area contributed by atoms with Crippen LogP contribution in [0.2, 0.25) is 0 Å². The minimum atomic E-state index is -0.907. The Morgan fingerprint density at radius 2 is 2.27 bits per heavy atom. The smallest absolute Gasteiger partial charge is 0.123 e. The predicted octanol–water partition coefficient (Wildman–Crippen LogP) is 1.43. The van der Waals surface area contributed by atoms with Gasteiger partial charge in [0.15, 0.2) is 0 Å². The summed E-state index contributed by atoms with van der Waals surface area (Å²) in [5.74, 6) is 0. The highest BCUT2D eigenvalue weighted by Gasteiger charge is 2.37. The Kier molecular flexibility index (Phi) is 4.52. The summed E-state index contributed by atoms with van der Waals surface area (Å²) in [6, 6.07) is 8.39. The molecule has 0 spiro atoms. The molecule has 1 aromatic heterocycles. The van der Waals surface area contributed by atoms with E-state index in [1.165, 1.54) is 11.1 Å². The number of hydrogen-bond donors (Lipinski definition) is 2. The molecule has 1 aliphatic rings. The summed E-state index contributed by atoms with van der Waals surface area (Å²) in [6.07, 6.45) is 3.28. The van der Waals surface area contributed by atoms with Crippen LogP contribution < -0.4 is 0 Å². The molecule has 0 amide bonds. The average Bonchev–Trinajstić information content (AvgIpc) is 3.03. The molecule has 22 heavy (non-hydrogen) atoms. The van der Waals surface area contributed by atoms with Crippen molar-refractivity contribution < 1.29 is 9.84 Å². The molecule has 1 fully saturated rings. The normalized spacial score (nSPS) is 22.8. The molecular formula is C16H22N4O2. The number of likely N-dealkylation sites (tertiary alicyclic amines) is 1. The van der Waals surface area contributed by atoms with Crippen LogP contribution >= 0.6 is 0 Å². The highest BCUT2D eigenvalue weighted by atomic mass is 16.5. The quantitative estimate of drug-likeness (QED) is 0.874. The van der Waals surface area contributed by atoms with E-state index in [0.29, 0.717) is 18.8 Å². The minimum absolute atomic E-state index is 0.577. The van der Waals surface area contributed by atoms with Crippen molar-refractivity contribution in [3.8, 4) is 0 Å². The fourth-order valence-electron chi connectivity index (χ4n) is 3.14. The van der Waals surface area contributed by atoms with Gasteiger partial charge >= 0.3 is 0 Å². The molecule has 1 aliphatic heterocycles. The molecule has 0 bridgehead atoms. The van der Waals surface area contributed by atoms with E-state index in [4.69, 9.17) is 4.74 Å². The van der Waals surface area contributed by atoms with Gasteiger partial charge in [-0.2, -0.15) is 15.4 Å². The van der Waals surface area contributed by atoms with Gasteiger partial charge in [0.2, 0.25) is 0 Å². The molecule has 3 rings (SSSR count). The minimum Gasteiger partial charge on any atom is -0.382 e. The maximum absolute atomic E-state index is 10.8. The van der Waals surface area contributed by atoms with Crippen LogP contribution in [0.25, 0.3) is 0 Å². The zero-order chi connectivity index (χ0) is 15.4. The lowest BCUT2D eigenvalue weighted by molar-refractivity contribution is -0.0414. The van der Waals surface area contributed by atoms with Crippen LogP contribution in [-0.2, 0) is 23.5 Å². The van der Waals surface area contributed by atoms with Crippen molar-refractivity contribution >= 4 is 0 Å². The highest BCUT2D eigenvalue weighted by molar-refractivity contribution is 5.23. The number of ether oxygens (including phenoxy) is 1. The molecule has 1 atom stereocenters. The summed E-state index contributed by atoms with van der Waals surface area (Å²) in [6.45, 7) is 3.00. The summed E-state index contributed by atoms with van der Waals surface area (Å²) < 4.78 is 5.18. The van der Waals surface area contributed by atoms with Gasteiger partial charge in [-0.25, -0.2) is 0 Å². The first-order valence-electron chi connectivity index (χ1n) is 7.57. The van der Waals surface area contributed by atoms with Crippen molar-refractivity contribution in [1.82, 2.24) is 20.3 Å². The fourth-order valence-corrected chi connectivity index (χ4v) is 3.14. The van der Waals surface area contributed by atoms with E-state index >= 15 is 0 Å². The van der Waals surface area contributed by atoms with Gasteiger partial charge in [-0.3, -0.25) is 4.90 Å². The van der Waals surface area contributed by atoms with E-state index < -0.39 is 5.60 Å². The van der Waals surface area contributed by atoms with Gasteiger partial charge in [0.05, 0.1) is 12.8 Å². The molecule has 0 unspecified atom stereocenters. The van der Waals surface area contributed by atoms with Gasteiger partial charge in [0.25, 0.3) is 0 Å². The molecule has 2 aromatic rings. The highest BCUT2D eigenvalue weighted by Crippen LogP contribution is 2.30. The van der Waals surface area contributed by atoms with Crippen molar-refractivity contribution in [1.29, 1.82) is 0 Å². The van der Waals surface area contributed by atoms with E-state index in [0.717, 1.165) is 25.9 Å². The third kappa shape index (κ3) is 3.35. The van der Waals surface area contributed by atoms with Crippen molar-refractivity contribution in [2.45, 2.75) is 31.6 Å². The Labute approximate surface area is 130 Å². The zero-order valence-corrected chi connectivity index (χ0v) is 12.8. The lowest BCUT2D eigenvalue weighted by Crippen LogP contribution is -2.45. The number of nitrogens with one attached hydrogen (secondary N) is 1. The Morgan fingerprint density at radius 3 is 3.05 bits per heavy atom. The summed E-state index contributed by atoms with van der Waals surface area (Å²) in [5.41, 5.74) is 2.13. The Morgan fingerprint density at radius 1 is 1.41 bits per heavy atom. The van der Waals surface area contributed by atoms with E-state index in [2.05, 4.69) is 44.6 Å². The third-order valence-electron chi connectivity index (χ3n) is 4.15. The number of nitrogens with zero attached hydrogens (tertiary/aromatic N) is 3. The van der Waals surface area contributed by atoms with Crippen LogP contribution in [0.3, 0.4) is 0 Å². The van der Waals surface area contributed by atoms with Crippen LogP contribution in [0.4, 0.5) is 0 Å². The lowest BCUT2D eigenvalue weighted by Gasteiger charge is -2.38. The maximum atomic E-state index is 10.8. The Bertz CT molecular complexity index is 602. The monoisotopic (exact) mass is 302 g/mol. The first-order valence-corrected chi connectivity index (χ1v) is 7.57. The van der Waals surface area contributed by atoms with Crippen LogP contribution in [0.1, 0.15) is 29.7 Å². The van der Waals surface area contributed by atoms with E-state index in [-0.39, 0.29) is 0 Å². The molecule has 2 heterocycles. The van der Waals surface area contributed by atoms with Gasteiger partial charge in [-0.15, -0.1) is 0 Å². The van der Waals surface area contributed by atoms with Crippen molar-refractivity contribution in [3.63, 3.8) is 0 Å². The average molecular weight is 302 g/mol. The molecule has 0 aliphatic carbocycles. The molecule has 2 N–H and O–H groups in total. The fraction of sp³-hybridized carbons (Fsp3) is 0.500. The Hall–Kier alpha value is -1.76. The summed E-state index contributed by atoms with van der Waals surface area (Å²) in [5, 5.41) is 21.3. The molecule has 118 valence electrons. The molecule has 1 saturated heterocycles. The van der Waals surface area contributed by atoms with Gasteiger partial charge < -0.3 is 9.84 Å². The number of hydrogen-bond acceptors (Lipinski definition) is 5. The van der Waals surface area contributed by atoms with Crippen molar-refractivity contribution in [3.05, 3.63) is 47.3 Å². The number of H-pyrrole nitrogens is 1. The van der Waals surface area contributed by atoms with Gasteiger partial charge in [0, 0.05) is 20.2 Å². The lowest BCUT2D eigenvalue weighted by atomic mass is 9.90. The van der Waals surface area contributed by atoms with Crippen LogP contribution in [-0.4, -0.2) is 45.6 Å². The van der Waals surface area contributed by atoms with Gasteiger partial charge in [-0.05, 0) is 30.5 Å². The summed E-state index contributed by atoms with van der Waals surface area (Å²) >= 11 is 0. The van der Waals surface area contributed by atoms with Crippen LogP contribution in [0.5, 0.6) is 0 Å². The molecule has 6 heteroatoms. The second-order valence-electron chi connectivity index (χ2n) is 5.95. The number of aromatic amines is 1. The molecule has 0 saturated carbocycles. The SMILES string of the molecule is COCc1cccc(CN2CCC[C@](O)(c3cn[nH]n3)C2)c1. The Balaban J connectivity index is 1.69. The topological polar surface area (TPSA) is 74.3 Å². The number of rotatable bonds is 5. The summed E-state index contributed by atoms with van der Waals surface area (Å²) in [4.78, 5) is 2.27. The second-order valence-corrected chi connectivity index (χ2v) is 5.95. The molecule has 1 aromatic carbocycles. The van der Waals surface area contributed by atoms with Gasteiger partial charge in [0.1, 0.15) is 11.3 Å². The van der Waals surface area contributed by atoms with E-state index in [1.807, 2.05) is 0 Å². The largest absolute Gasteiger partial charge is 0.382 e. The third-order valence-corrected chi connectivity index (χ3v) is 4.15. The standard InChI is InChI=1S/C16H22N4O2/c1-22-11-14-5-2-4-13(8-14)10-20-7-3-6-16(21,12-20)15-9-17-19-18-15/h2,4-5,8-9,21H,3,6-7,10-12H2,1H3,(H,17,18,19)/t16-/m1/s1. The number of piperidine rings is 1. The number of aromatic nitrogens is 3. The van der Waals surface area contributed by atoms with Crippen molar-refractivity contribution in [2.75, 3.05) is 20.2 Å². The number of β-amino-alcohol motifs (C(OH)–C–C–N with tert-alkyl or cyclic N) is 1. The van der Waals surface area contributed by atoms with E-state index in [1.54, 1.807) is 13.3 Å². The number of methoxy groups -OCH3 is 1. The molecule has 6 nitrogen and oxygen atoms in total. The van der Waals surface area contributed by atoms with Gasteiger partial charge in [-0.1, -0.05) is 24.3 Å². The van der Waals surface area contributed by atoms with Crippen molar-refractivity contribution in [2.24, 2.45) is 0 Å². The first kappa shape index (κ1) is 15.1. The molecular weight excluding hydrogens is 280 g/mol. The first-order chi connectivity index (χ1) is 10.7. The van der Waals surface area contributed by atoms with Crippen LogP contribution in [0, 0.1) is 0 Å². The summed E-state index contributed by atoms with van der Waals surface area (Å²) in [7, 11) is 1.70. The molecule has 0 radical (unpaired) electrons. The van der Waals surface area contributed by atoms with Crippen LogP contribution in [0.15, 0.2) is 30.5 Å².